The van der Waals surface area contributed by atoms with Crippen molar-refractivity contribution in [1.82, 2.24) is 5.32 Å². The molecule has 1 rings (SSSR count). The van der Waals surface area contributed by atoms with Crippen LogP contribution in [-0.4, -0.2) is 18.5 Å². The van der Waals surface area contributed by atoms with Gasteiger partial charge in [-0.15, -0.1) is 0 Å². The van der Waals surface area contributed by atoms with Gasteiger partial charge in [0.15, 0.2) is 0 Å². The predicted octanol–water partition coefficient (Wildman–Crippen LogP) is 2.16. The number of amides is 1. The van der Waals surface area contributed by atoms with Crippen molar-refractivity contribution in [3.63, 3.8) is 0 Å². The lowest BCUT2D eigenvalue weighted by molar-refractivity contribution is -0.128. The van der Waals surface area contributed by atoms with Crippen molar-refractivity contribution in [2.45, 2.75) is 53.5 Å². The van der Waals surface area contributed by atoms with E-state index in [4.69, 9.17) is 5.73 Å². The van der Waals surface area contributed by atoms with Crippen LogP contribution in [0, 0.1) is 23.2 Å². The van der Waals surface area contributed by atoms with Crippen molar-refractivity contribution in [3.8, 4) is 0 Å². The molecule has 3 N–H and O–H groups in total. The van der Waals surface area contributed by atoms with Crippen LogP contribution in [0.5, 0.6) is 0 Å². The van der Waals surface area contributed by atoms with Crippen LogP contribution in [0.25, 0.3) is 0 Å². The summed E-state index contributed by atoms with van der Waals surface area (Å²) in [6, 6.07) is 0.177. The summed E-state index contributed by atoms with van der Waals surface area (Å²) in [5.41, 5.74) is 6.21. The zero-order chi connectivity index (χ0) is 13.2. The SMILES string of the molecule is CC1CC(C)C(C(=O)NCC(C)(C)C)CC1N. The monoisotopic (exact) mass is 240 g/mol. The number of carbonyl (C=O) groups excluding carboxylic acids is 1. The first-order valence-corrected chi connectivity index (χ1v) is 6.74. The third-order valence-electron chi connectivity index (χ3n) is 3.82. The molecule has 0 heterocycles. The van der Waals surface area contributed by atoms with Gasteiger partial charge in [-0.1, -0.05) is 34.6 Å². The molecule has 0 bridgehead atoms. The first-order valence-electron chi connectivity index (χ1n) is 6.74. The van der Waals surface area contributed by atoms with E-state index in [1.807, 2.05) is 0 Å². The highest BCUT2D eigenvalue weighted by molar-refractivity contribution is 5.79. The summed E-state index contributed by atoms with van der Waals surface area (Å²) >= 11 is 0. The Kier molecular flexibility index (Phi) is 4.59. The highest BCUT2D eigenvalue weighted by Gasteiger charge is 2.35. The minimum absolute atomic E-state index is 0.101. The maximum absolute atomic E-state index is 12.1. The molecular weight excluding hydrogens is 212 g/mol. The Hall–Kier alpha value is -0.570. The number of hydrogen-bond acceptors (Lipinski definition) is 2. The van der Waals surface area contributed by atoms with Gasteiger partial charge in [0, 0.05) is 18.5 Å². The summed E-state index contributed by atoms with van der Waals surface area (Å²) in [7, 11) is 0. The van der Waals surface area contributed by atoms with E-state index in [9.17, 15) is 4.79 Å². The zero-order valence-corrected chi connectivity index (χ0v) is 11.9. The summed E-state index contributed by atoms with van der Waals surface area (Å²) in [5, 5.41) is 3.06. The summed E-state index contributed by atoms with van der Waals surface area (Å²) in [4.78, 5) is 12.1. The average molecular weight is 240 g/mol. The molecule has 1 fully saturated rings. The topological polar surface area (TPSA) is 55.1 Å². The molecular formula is C14H28N2O. The Morgan fingerprint density at radius 3 is 2.35 bits per heavy atom. The summed E-state index contributed by atoms with van der Waals surface area (Å²) in [6.45, 7) is 11.5. The van der Waals surface area contributed by atoms with Crippen molar-refractivity contribution in [2.75, 3.05) is 6.54 Å². The Labute approximate surface area is 106 Å². The Morgan fingerprint density at radius 2 is 1.82 bits per heavy atom. The van der Waals surface area contributed by atoms with Crippen molar-refractivity contribution in [1.29, 1.82) is 0 Å². The first-order chi connectivity index (χ1) is 7.70. The Balaban J connectivity index is 2.51. The van der Waals surface area contributed by atoms with E-state index in [1.165, 1.54) is 0 Å². The van der Waals surface area contributed by atoms with E-state index in [1.54, 1.807) is 0 Å². The van der Waals surface area contributed by atoms with Gasteiger partial charge in [0.1, 0.15) is 0 Å². The average Bonchev–Trinajstić information content (AvgIpc) is 2.19. The van der Waals surface area contributed by atoms with Crippen LogP contribution in [0.2, 0.25) is 0 Å². The lowest BCUT2D eigenvalue weighted by Crippen LogP contribution is -2.46. The second-order valence-electron chi connectivity index (χ2n) is 6.97. The van der Waals surface area contributed by atoms with Crippen LogP contribution in [0.1, 0.15) is 47.5 Å². The van der Waals surface area contributed by atoms with Crippen LogP contribution in [0.4, 0.5) is 0 Å². The highest BCUT2D eigenvalue weighted by Crippen LogP contribution is 2.33. The van der Waals surface area contributed by atoms with Gasteiger partial charge in [-0.3, -0.25) is 4.79 Å². The summed E-state index contributed by atoms with van der Waals surface area (Å²) in [5.74, 6) is 1.28. The van der Waals surface area contributed by atoms with Crippen LogP contribution in [0.15, 0.2) is 0 Å². The number of hydrogen-bond donors (Lipinski definition) is 2. The van der Waals surface area contributed by atoms with Gasteiger partial charge in [-0.25, -0.2) is 0 Å². The maximum atomic E-state index is 12.1. The first kappa shape index (κ1) is 14.5. The molecule has 0 aromatic carbocycles. The minimum Gasteiger partial charge on any atom is -0.355 e. The van der Waals surface area contributed by atoms with E-state index >= 15 is 0 Å². The van der Waals surface area contributed by atoms with Gasteiger partial charge in [0.2, 0.25) is 5.91 Å². The molecule has 4 atom stereocenters. The van der Waals surface area contributed by atoms with E-state index in [2.05, 4.69) is 39.9 Å². The third kappa shape index (κ3) is 4.30. The van der Waals surface area contributed by atoms with Crippen molar-refractivity contribution in [2.24, 2.45) is 28.9 Å². The quantitative estimate of drug-likeness (QED) is 0.777. The second kappa shape index (κ2) is 5.38. The van der Waals surface area contributed by atoms with Gasteiger partial charge < -0.3 is 11.1 Å². The minimum atomic E-state index is 0.101. The fraction of sp³-hybridized carbons (Fsp3) is 0.929. The Morgan fingerprint density at radius 1 is 1.24 bits per heavy atom. The molecule has 0 aliphatic heterocycles. The molecule has 0 aromatic heterocycles. The normalized spacial score (nSPS) is 34.5. The number of rotatable bonds is 2. The number of nitrogens with one attached hydrogen (secondary N) is 1. The lowest BCUT2D eigenvalue weighted by atomic mass is 9.72. The van der Waals surface area contributed by atoms with Crippen molar-refractivity contribution < 1.29 is 4.79 Å². The zero-order valence-electron chi connectivity index (χ0n) is 11.9. The van der Waals surface area contributed by atoms with Crippen LogP contribution in [0.3, 0.4) is 0 Å². The molecule has 0 saturated heterocycles. The van der Waals surface area contributed by atoms with Gasteiger partial charge in [-0.05, 0) is 30.1 Å². The number of nitrogens with two attached hydrogens (primary N) is 1. The Bertz CT molecular complexity index is 270. The van der Waals surface area contributed by atoms with Gasteiger partial charge in [0.25, 0.3) is 0 Å². The fourth-order valence-corrected chi connectivity index (χ4v) is 2.53. The smallest absolute Gasteiger partial charge is 0.223 e. The fourth-order valence-electron chi connectivity index (χ4n) is 2.53. The van der Waals surface area contributed by atoms with E-state index in [-0.39, 0.29) is 23.3 Å². The maximum Gasteiger partial charge on any atom is 0.223 e. The largest absolute Gasteiger partial charge is 0.355 e. The van der Waals surface area contributed by atoms with E-state index in [0.717, 1.165) is 19.4 Å². The standard InChI is InChI=1S/C14H28N2O/c1-9-6-10(2)12(15)7-11(9)13(17)16-8-14(3,4)5/h9-12H,6-8,15H2,1-5H3,(H,16,17). The lowest BCUT2D eigenvalue weighted by Gasteiger charge is -2.36. The van der Waals surface area contributed by atoms with Gasteiger partial charge in [0.05, 0.1) is 0 Å². The molecule has 0 radical (unpaired) electrons. The second-order valence-corrected chi connectivity index (χ2v) is 6.97. The molecule has 0 aromatic rings. The molecule has 4 unspecified atom stereocenters. The molecule has 100 valence electrons. The highest BCUT2D eigenvalue weighted by atomic mass is 16.1. The molecule has 1 amide bonds. The third-order valence-corrected chi connectivity index (χ3v) is 3.82. The molecule has 1 aliphatic rings. The van der Waals surface area contributed by atoms with Crippen LogP contribution >= 0.6 is 0 Å². The summed E-state index contributed by atoms with van der Waals surface area (Å²) < 4.78 is 0. The van der Waals surface area contributed by atoms with Crippen molar-refractivity contribution in [3.05, 3.63) is 0 Å². The number of carbonyl (C=O) groups is 1. The van der Waals surface area contributed by atoms with E-state index in [0.29, 0.717) is 11.8 Å². The molecule has 1 aliphatic carbocycles. The molecule has 17 heavy (non-hydrogen) atoms. The van der Waals surface area contributed by atoms with Gasteiger partial charge >= 0.3 is 0 Å². The van der Waals surface area contributed by atoms with Crippen LogP contribution in [-0.2, 0) is 4.79 Å². The summed E-state index contributed by atoms with van der Waals surface area (Å²) in [6.07, 6.45) is 1.90. The van der Waals surface area contributed by atoms with E-state index < -0.39 is 0 Å². The predicted molar refractivity (Wildman–Crippen MR) is 71.5 cm³/mol. The van der Waals surface area contributed by atoms with Crippen molar-refractivity contribution >= 4 is 5.91 Å². The molecule has 0 spiro atoms. The molecule has 3 nitrogen and oxygen atoms in total. The molecule has 3 heteroatoms. The molecule has 1 saturated carbocycles. The van der Waals surface area contributed by atoms with Gasteiger partial charge in [-0.2, -0.15) is 0 Å². The van der Waals surface area contributed by atoms with Crippen LogP contribution < -0.4 is 11.1 Å².